The molecule has 1 fully saturated rings. The topological polar surface area (TPSA) is 100 Å². The zero-order chi connectivity index (χ0) is 28.4. The maximum absolute atomic E-state index is 13.4. The maximum atomic E-state index is 13.4. The van der Waals surface area contributed by atoms with Gasteiger partial charge in [-0.15, -0.1) is 0 Å². The summed E-state index contributed by atoms with van der Waals surface area (Å²) in [7, 11) is 0. The van der Waals surface area contributed by atoms with Gasteiger partial charge < -0.3 is 29.2 Å². The number of nitrogens with zero attached hydrogens (tertiary/aromatic N) is 3. The first kappa shape index (κ1) is 28.4. The monoisotopic (exact) mass is 568 g/mol. The normalized spacial score (nSPS) is 18.3. The van der Waals surface area contributed by atoms with E-state index in [0.29, 0.717) is 35.0 Å². The largest absolute Gasteiger partial charge is 0.492 e. The molecule has 0 bridgehead atoms. The van der Waals surface area contributed by atoms with Gasteiger partial charge >= 0.3 is 5.97 Å². The summed E-state index contributed by atoms with van der Waals surface area (Å²) in [6.07, 6.45) is 1.99. The second-order valence-electron chi connectivity index (χ2n) is 11.2. The minimum absolute atomic E-state index is 0.306. The van der Waals surface area contributed by atoms with Crippen LogP contribution in [0, 0.1) is 0 Å². The number of esters is 1. The standard InChI is InChI=1S/C30H37ClN4O5/c1-19(2)40-29(37)23-17-35(18-30(3,4)25-26(23)33-24-15-21(31)16-32-27(24)25)28(36)20-5-7-22(8-6-20)39-14-11-34-9-12-38-13-10-34/h5-8,15-17,19,28,33,36H,9-14,18H2,1-4H3. The Hall–Kier alpha value is -3.11. The van der Waals surface area contributed by atoms with Gasteiger partial charge in [-0.1, -0.05) is 37.6 Å². The van der Waals surface area contributed by atoms with Crippen molar-refractivity contribution in [1.82, 2.24) is 19.8 Å². The molecule has 10 heteroatoms. The fourth-order valence-electron chi connectivity index (χ4n) is 5.36. The van der Waals surface area contributed by atoms with Crippen LogP contribution in [-0.4, -0.2) is 82.9 Å². The van der Waals surface area contributed by atoms with E-state index in [-0.39, 0.29) is 6.10 Å². The quantitative estimate of drug-likeness (QED) is 0.383. The number of fused-ring (bicyclic) bond motifs is 3. The van der Waals surface area contributed by atoms with Crippen LogP contribution in [0.15, 0.2) is 42.7 Å². The van der Waals surface area contributed by atoms with E-state index < -0.39 is 17.6 Å². The fraction of sp³-hybridized carbons (Fsp3) is 0.467. The Labute approximate surface area is 239 Å². The lowest BCUT2D eigenvalue weighted by atomic mass is 9.83. The lowest BCUT2D eigenvalue weighted by Gasteiger charge is -2.33. The first-order valence-electron chi connectivity index (χ1n) is 13.7. The number of H-pyrrole nitrogens is 1. The van der Waals surface area contributed by atoms with Crippen LogP contribution in [0.25, 0.3) is 16.6 Å². The van der Waals surface area contributed by atoms with Gasteiger partial charge in [-0.25, -0.2) is 4.79 Å². The summed E-state index contributed by atoms with van der Waals surface area (Å²) in [6, 6.07) is 9.23. The van der Waals surface area contributed by atoms with Gasteiger partial charge in [0.05, 0.1) is 46.6 Å². The van der Waals surface area contributed by atoms with Crippen LogP contribution in [0.4, 0.5) is 0 Å². The molecule has 214 valence electrons. The van der Waals surface area contributed by atoms with E-state index in [1.165, 1.54) is 0 Å². The van der Waals surface area contributed by atoms with Crippen molar-refractivity contribution in [2.45, 2.75) is 45.4 Å². The van der Waals surface area contributed by atoms with Crippen molar-refractivity contribution in [3.63, 3.8) is 0 Å². The first-order chi connectivity index (χ1) is 19.1. The second-order valence-corrected chi connectivity index (χ2v) is 11.7. The zero-order valence-corrected chi connectivity index (χ0v) is 24.2. The fourth-order valence-corrected chi connectivity index (χ4v) is 5.51. The molecule has 2 aliphatic rings. The average Bonchev–Trinajstić information content (AvgIpc) is 3.25. The number of aromatic amines is 1. The van der Waals surface area contributed by atoms with Gasteiger partial charge in [-0.05, 0) is 32.0 Å². The first-order valence-corrected chi connectivity index (χ1v) is 14.1. The summed E-state index contributed by atoms with van der Waals surface area (Å²) in [5, 5.41) is 12.0. The van der Waals surface area contributed by atoms with Crippen molar-refractivity contribution in [3.8, 4) is 5.75 Å². The third-order valence-corrected chi connectivity index (χ3v) is 7.46. The summed E-state index contributed by atoms with van der Waals surface area (Å²) in [6.45, 7) is 13.0. The van der Waals surface area contributed by atoms with Gasteiger partial charge in [0, 0.05) is 55.1 Å². The summed E-state index contributed by atoms with van der Waals surface area (Å²) in [5.74, 6) is 0.260. The molecule has 2 N–H and O–H groups in total. The number of rotatable bonds is 8. The van der Waals surface area contributed by atoms with Gasteiger partial charge in [0.2, 0.25) is 0 Å². The number of aromatic nitrogens is 2. The SMILES string of the molecule is CC(C)OC(=O)C1=CN(C(O)c2ccc(OCCN3CCOCC3)cc2)CC(C)(C)c2c1[nH]c1cc(Cl)cnc21. The summed E-state index contributed by atoms with van der Waals surface area (Å²) in [5.41, 5.74) is 3.50. The van der Waals surface area contributed by atoms with Crippen molar-refractivity contribution in [2.75, 3.05) is 46.0 Å². The molecule has 0 amide bonds. The molecule has 5 rings (SSSR count). The van der Waals surface area contributed by atoms with Crippen molar-refractivity contribution in [2.24, 2.45) is 0 Å². The van der Waals surface area contributed by atoms with Crippen LogP contribution >= 0.6 is 11.6 Å². The van der Waals surface area contributed by atoms with E-state index in [2.05, 4.69) is 28.7 Å². The van der Waals surface area contributed by atoms with Crippen LogP contribution in [0.3, 0.4) is 0 Å². The van der Waals surface area contributed by atoms with Gasteiger partial charge in [-0.2, -0.15) is 0 Å². The van der Waals surface area contributed by atoms with E-state index in [1.807, 2.05) is 38.1 Å². The smallest absolute Gasteiger partial charge is 0.342 e. The third kappa shape index (κ3) is 6.12. The molecule has 1 aromatic carbocycles. The Morgan fingerprint density at radius 2 is 1.95 bits per heavy atom. The number of pyridine rings is 1. The number of carbonyl (C=O) groups is 1. The number of hydrogen-bond donors (Lipinski definition) is 2. The predicted octanol–water partition coefficient (Wildman–Crippen LogP) is 4.50. The molecular weight excluding hydrogens is 532 g/mol. The average molecular weight is 569 g/mol. The molecule has 0 saturated carbocycles. The molecule has 2 aromatic heterocycles. The molecule has 1 saturated heterocycles. The van der Waals surface area contributed by atoms with Crippen LogP contribution in [0.5, 0.6) is 5.75 Å². The highest BCUT2D eigenvalue weighted by Crippen LogP contribution is 2.41. The minimum atomic E-state index is -0.999. The highest BCUT2D eigenvalue weighted by atomic mass is 35.5. The van der Waals surface area contributed by atoms with E-state index in [0.717, 1.165) is 55.2 Å². The van der Waals surface area contributed by atoms with E-state index in [1.54, 1.807) is 23.4 Å². The lowest BCUT2D eigenvalue weighted by molar-refractivity contribution is -0.140. The molecule has 4 heterocycles. The summed E-state index contributed by atoms with van der Waals surface area (Å²) in [4.78, 5) is 25.4. The highest BCUT2D eigenvalue weighted by molar-refractivity contribution is 6.31. The van der Waals surface area contributed by atoms with Crippen LogP contribution in [-0.2, 0) is 19.7 Å². The second kappa shape index (κ2) is 11.8. The lowest BCUT2D eigenvalue weighted by Crippen LogP contribution is -2.38. The zero-order valence-electron chi connectivity index (χ0n) is 23.4. The van der Waals surface area contributed by atoms with Crippen LogP contribution in [0.1, 0.15) is 50.7 Å². The number of aliphatic hydroxyl groups excluding tert-OH is 1. The van der Waals surface area contributed by atoms with E-state index in [9.17, 15) is 9.90 Å². The minimum Gasteiger partial charge on any atom is -0.492 e. The number of nitrogens with one attached hydrogen (secondary N) is 1. The molecule has 0 spiro atoms. The Morgan fingerprint density at radius 1 is 1.23 bits per heavy atom. The van der Waals surface area contributed by atoms with Gasteiger partial charge in [-0.3, -0.25) is 9.88 Å². The van der Waals surface area contributed by atoms with Crippen molar-refractivity contribution in [3.05, 3.63) is 64.6 Å². The number of ether oxygens (including phenoxy) is 3. The molecule has 3 aromatic rings. The number of morpholine rings is 1. The van der Waals surface area contributed by atoms with Gasteiger partial charge in [0.15, 0.2) is 6.23 Å². The molecule has 1 unspecified atom stereocenters. The van der Waals surface area contributed by atoms with Crippen LogP contribution < -0.4 is 4.74 Å². The van der Waals surface area contributed by atoms with Crippen molar-refractivity contribution < 1.29 is 24.1 Å². The Balaban J connectivity index is 1.40. The molecule has 1 atom stereocenters. The number of halogens is 1. The predicted molar refractivity (Wildman–Crippen MR) is 154 cm³/mol. The summed E-state index contributed by atoms with van der Waals surface area (Å²) < 4.78 is 16.9. The van der Waals surface area contributed by atoms with Crippen molar-refractivity contribution >= 4 is 34.2 Å². The van der Waals surface area contributed by atoms with E-state index in [4.69, 9.17) is 25.8 Å². The summed E-state index contributed by atoms with van der Waals surface area (Å²) >= 11 is 6.21. The number of benzene rings is 1. The molecule has 0 radical (unpaired) electrons. The van der Waals surface area contributed by atoms with Gasteiger partial charge in [0.1, 0.15) is 12.4 Å². The molecule has 40 heavy (non-hydrogen) atoms. The van der Waals surface area contributed by atoms with Crippen molar-refractivity contribution in [1.29, 1.82) is 0 Å². The Bertz CT molecular complexity index is 1380. The molecule has 0 aliphatic carbocycles. The van der Waals surface area contributed by atoms with E-state index >= 15 is 0 Å². The Morgan fingerprint density at radius 3 is 2.65 bits per heavy atom. The number of carbonyl (C=O) groups excluding carboxylic acids is 1. The van der Waals surface area contributed by atoms with Crippen LogP contribution in [0.2, 0.25) is 5.02 Å². The highest BCUT2D eigenvalue weighted by Gasteiger charge is 2.38. The molecular formula is C30H37ClN4O5. The molecule has 9 nitrogen and oxygen atoms in total. The number of hydrogen-bond acceptors (Lipinski definition) is 8. The number of aliphatic hydroxyl groups is 1. The maximum Gasteiger partial charge on any atom is 0.342 e. The molecule has 2 aliphatic heterocycles. The third-order valence-electron chi connectivity index (χ3n) is 7.25. The Kier molecular flexibility index (Phi) is 8.37. The van der Waals surface area contributed by atoms with Gasteiger partial charge in [0.25, 0.3) is 0 Å².